The summed E-state index contributed by atoms with van der Waals surface area (Å²) in [6, 6.07) is 5.53. The molecular weight excluding hydrogens is 326 g/mol. The number of hydrogen-bond acceptors (Lipinski definition) is 5. The second kappa shape index (κ2) is 6.54. The minimum atomic E-state index is -1.18. The van der Waals surface area contributed by atoms with Crippen molar-refractivity contribution >= 4 is 29.2 Å². The highest BCUT2D eigenvalue weighted by Gasteiger charge is 2.43. The molecule has 0 unspecified atom stereocenters. The minimum Gasteiger partial charge on any atom is -0.480 e. The number of benzene rings is 1. The summed E-state index contributed by atoms with van der Waals surface area (Å²) in [7, 11) is 0. The predicted octanol–water partition coefficient (Wildman–Crippen LogP) is 1.09. The molecule has 8 heteroatoms. The summed E-state index contributed by atoms with van der Waals surface area (Å²) < 4.78 is 0. The van der Waals surface area contributed by atoms with Gasteiger partial charge >= 0.3 is 11.9 Å². The van der Waals surface area contributed by atoms with Crippen LogP contribution in [0.2, 0.25) is 0 Å². The maximum atomic E-state index is 12.9. The Balaban J connectivity index is 1.90. The van der Waals surface area contributed by atoms with Gasteiger partial charge in [-0.05, 0) is 31.9 Å². The fraction of sp³-hybridized carbons (Fsp3) is 0.412. The van der Waals surface area contributed by atoms with Crippen molar-refractivity contribution in [2.75, 3.05) is 11.6 Å². The summed E-state index contributed by atoms with van der Waals surface area (Å²) in [6.45, 7) is 2.28. The standard InChI is InChI=1S/C17H19N3O5/c1-10-4-6-11(7-5-10)20-14(9-12(18-20)16(22)23)15(21)19-8-2-3-13(19)17(24)25/h4-7,13-14H,2-3,8-9H2,1H3,(H,22,23)(H,24,25)/t13-,14+/m0/s1. The molecule has 132 valence electrons. The summed E-state index contributed by atoms with van der Waals surface area (Å²) in [5.74, 6) is -2.61. The second-order valence-electron chi connectivity index (χ2n) is 6.28. The molecule has 2 N–H and O–H groups in total. The van der Waals surface area contributed by atoms with Crippen LogP contribution >= 0.6 is 0 Å². The van der Waals surface area contributed by atoms with Gasteiger partial charge in [0.15, 0.2) is 0 Å². The topological polar surface area (TPSA) is 111 Å². The molecule has 1 amide bonds. The quantitative estimate of drug-likeness (QED) is 0.845. The molecule has 2 aliphatic heterocycles. The summed E-state index contributed by atoms with van der Waals surface area (Å²) in [4.78, 5) is 36.9. The first-order valence-electron chi connectivity index (χ1n) is 8.08. The van der Waals surface area contributed by atoms with Crippen molar-refractivity contribution in [2.45, 2.75) is 38.3 Å². The Kier molecular flexibility index (Phi) is 4.43. The number of anilines is 1. The van der Waals surface area contributed by atoms with Gasteiger partial charge < -0.3 is 15.1 Å². The van der Waals surface area contributed by atoms with Gasteiger partial charge in [-0.1, -0.05) is 17.7 Å². The number of likely N-dealkylation sites (tertiary alicyclic amines) is 1. The molecule has 8 nitrogen and oxygen atoms in total. The monoisotopic (exact) mass is 345 g/mol. The summed E-state index contributed by atoms with van der Waals surface area (Å²) >= 11 is 0. The Morgan fingerprint density at radius 3 is 2.40 bits per heavy atom. The third kappa shape index (κ3) is 3.19. The third-order valence-corrected chi connectivity index (χ3v) is 4.56. The number of carboxylic acids is 2. The Bertz CT molecular complexity index is 743. The summed E-state index contributed by atoms with van der Waals surface area (Å²) in [6.07, 6.45) is 0.975. The number of hydrazone groups is 1. The van der Waals surface area contributed by atoms with Crippen LogP contribution in [-0.2, 0) is 14.4 Å². The van der Waals surface area contributed by atoms with Crippen LogP contribution in [0, 0.1) is 6.92 Å². The fourth-order valence-corrected chi connectivity index (χ4v) is 3.25. The molecule has 0 radical (unpaired) electrons. The first kappa shape index (κ1) is 16.9. The van der Waals surface area contributed by atoms with Crippen molar-refractivity contribution in [3.05, 3.63) is 29.8 Å². The lowest BCUT2D eigenvalue weighted by Crippen LogP contribution is -2.49. The van der Waals surface area contributed by atoms with Gasteiger partial charge in [0.1, 0.15) is 17.8 Å². The van der Waals surface area contributed by atoms with Crippen LogP contribution in [0.1, 0.15) is 24.8 Å². The average molecular weight is 345 g/mol. The molecule has 0 saturated carbocycles. The molecule has 1 saturated heterocycles. The SMILES string of the molecule is Cc1ccc(N2N=C(C(=O)O)C[C@@H]2C(=O)N2CCC[C@H]2C(=O)O)cc1. The number of aliphatic carboxylic acids is 2. The van der Waals surface area contributed by atoms with Crippen LogP contribution in [0.15, 0.2) is 29.4 Å². The normalized spacial score (nSPS) is 22.8. The first-order valence-corrected chi connectivity index (χ1v) is 8.08. The van der Waals surface area contributed by atoms with Gasteiger partial charge in [0.25, 0.3) is 0 Å². The van der Waals surface area contributed by atoms with Crippen LogP contribution < -0.4 is 5.01 Å². The van der Waals surface area contributed by atoms with E-state index >= 15 is 0 Å². The average Bonchev–Trinajstić information content (AvgIpc) is 3.22. The lowest BCUT2D eigenvalue weighted by Gasteiger charge is -2.29. The van der Waals surface area contributed by atoms with Crippen LogP contribution in [0.25, 0.3) is 0 Å². The lowest BCUT2D eigenvalue weighted by molar-refractivity contribution is -0.148. The van der Waals surface area contributed by atoms with Crippen LogP contribution in [0.4, 0.5) is 5.69 Å². The van der Waals surface area contributed by atoms with E-state index in [1.165, 1.54) is 9.91 Å². The third-order valence-electron chi connectivity index (χ3n) is 4.56. The number of carboxylic acid groups (broad SMARTS) is 2. The number of aryl methyl sites for hydroxylation is 1. The van der Waals surface area contributed by atoms with Gasteiger partial charge in [0, 0.05) is 13.0 Å². The van der Waals surface area contributed by atoms with E-state index < -0.39 is 29.9 Å². The zero-order valence-corrected chi connectivity index (χ0v) is 13.8. The number of amides is 1. The summed E-state index contributed by atoms with van der Waals surface area (Å²) in [5, 5.41) is 24.0. The number of carbonyl (C=O) groups excluding carboxylic acids is 1. The maximum Gasteiger partial charge on any atom is 0.352 e. The van der Waals surface area contributed by atoms with E-state index in [0.29, 0.717) is 25.1 Å². The van der Waals surface area contributed by atoms with Crippen molar-refractivity contribution < 1.29 is 24.6 Å². The van der Waals surface area contributed by atoms with Gasteiger partial charge in [-0.15, -0.1) is 0 Å². The molecule has 1 aromatic rings. The van der Waals surface area contributed by atoms with Crippen molar-refractivity contribution in [3.8, 4) is 0 Å². The van der Waals surface area contributed by atoms with E-state index in [1.54, 1.807) is 12.1 Å². The molecule has 0 spiro atoms. The smallest absolute Gasteiger partial charge is 0.352 e. The molecule has 2 aliphatic rings. The lowest BCUT2D eigenvalue weighted by atomic mass is 10.1. The van der Waals surface area contributed by atoms with E-state index in [1.807, 2.05) is 19.1 Å². The van der Waals surface area contributed by atoms with Gasteiger partial charge in [0.2, 0.25) is 5.91 Å². The molecular formula is C17H19N3O5. The molecule has 3 rings (SSSR count). The molecule has 1 fully saturated rings. The fourth-order valence-electron chi connectivity index (χ4n) is 3.25. The Labute approximate surface area is 144 Å². The maximum absolute atomic E-state index is 12.9. The highest BCUT2D eigenvalue weighted by molar-refractivity contribution is 6.37. The molecule has 2 atom stereocenters. The largest absolute Gasteiger partial charge is 0.480 e. The zero-order valence-electron chi connectivity index (χ0n) is 13.8. The van der Waals surface area contributed by atoms with Crippen molar-refractivity contribution in [1.82, 2.24) is 4.90 Å². The molecule has 2 heterocycles. The molecule has 0 bridgehead atoms. The minimum absolute atomic E-state index is 0.0507. The Morgan fingerprint density at radius 2 is 1.80 bits per heavy atom. The zero-order chi connectivity index (χ0) is 18.1. The highest BCUT2D eigenvalue weighted by atomic mass is 16.4. The van der Waals surface area contributed by atoms with Crippen LogP contribution in [0.3, 0.4) is 0 Å². The Hall–Kier alpha value is -2.90. The van der Waals surface area contributed by atoms with Gasteiger partial charge in [-0.25, -0.2) is 9.59 Å². The van der Waals surface area contributed by atoms with Crippen molar-refractivity contribution in [3.63, 3.8) is 0 Å². The highest BCUT2D eigenvalue weighted by Crippen LogP contribution is 2.28. The molecule has 25 heavy (non-hydrogen) atoms. The summed E-state index contributed by atoms with van der Waals surface area (Å²) in [5.41, 5.74) is 1.52. The van der Waals surface area contributed by atoms with Crippen molar-refractivity contribution in [2.24, 2.45) is 5.10 Å². The van der Waals surface area contributed by atoms with E-state index in [9.17, 15) is 24.6 Å². The number of carbonyl (C=O) groups is 3. The number of nitrogens with zero attached hydrogens (tertiary/aromatic N) is 3. The van der Waals surface area contributed by atoms with Crippen LogP contribution in [0.5, 0.6) is 0 Å². The van der Waals surface area contributed by atoms with E-state index in [0.717, 1.165) is 5.56 Å². The predicted molar refractivity (Wildman–Crippen MR) is 89.5 cm³/mol. The van der Waals surface area contributed by atoms with E-state index in [4.69, 9.17) is 0 Å². The first-order chi connectivity index (χ1) is 11.9. The van der Waals surface area contributed by atoms with Crippen LogP contribution in [-0.4, -0.2) is 57.3 Å². The van der Waals surface area contributed by atoms with E-state index in [-0.39, 0.29) is 12.1 Å². The molecule has 0 aliphatic carbocycles. The van der Waals surface area contributed by atoms with Gasteiger partial charge in [0.05, 0.1) is 5.69 Å². The van der Waals surface area contributed by atoms with E-state index in [2.05, 4.69) is 5.10 Å². The van der Waals surface area contributed by atoms with Gasteiger partial charge in [-0.2, -0.15) is 5.10 Å². The number of rotatable bonds is 4. The van der Waals surface area contributed by atoms with Crippen molar-refractivity contribution in [1.29, 1.82) is 0 Å². The molecule has 0 aromatic heterocycles. The number of hydrogen-bond donors (Lipinski definition) is 2. The second-order valence-corrected chi connectivity index (χ2v) is 6.28. The molecule has 1 aromatic carbocycles. The van der Waals surface area contributed by atoms with Gasteiger partial charge in [-0.3, -0.25) is 9.80 Å². The Morgan fingerprint density at radius 1 is 1.12 bits per heavy atom.